The second-order valence-corrected chi connectivity index (χ2v) is 6.98. The highest BCUT2D eigenvalue weighted by atomic mass is 35.5. The lowest BCUT2D eigenvalue weighted by atomic mass is 10.0. The SMILES string of the molecule is O=C(/N=C(/NCc1cccc(Cl)c1)Nc1cccc(O)n1)C1=CC=C(Cl)CC1. The van der Waals surface area contributed by atoms with Crippen LogP contribution in [0, 0.1) is 0 Å². The summed E-state index contributed by atoms with van der Waals surface area (Å²) in [6.07, 6.45) is 4.53. The molecule has 144 valence electrons. The zero-order valence-electron chi connectivity index (χ0n) is 14.8. The largest absolute Gasteiger partial charge is 0.493 e. The summed E-state index contributed by atoms with van der Waals surface area (Å²) >= 11 is 12.0. The summed E-state index contributed by atoms with van der Waals surface area (Å²) in [5.74, 6) is 0.0530. The third-order valence-electron chi connectivity index (χ3n) is 3.92. The van der Waals surface area contributed by atoms with E-state index in [0.717, 1.165) is 5.56 Å². The maximum Gasteiger partial charge on any atom is 0.276 e. The fourth-order valence-corrected chi connectivity index (χ4v) is 2.89. The van der Waals surface area contributed by atoms with E-state index in [4.69, 9.17) is 23.2 Å². The first-order chi connectivity index (χ1) is 13.5. The third-order valence-corrected chi connectivity index (χ3v) is 4.47. The molecule has 0 spiro atoms. The van der Waals surface area contributed by atoms with Crippen LogP contribution in [0.5, 0.6) is 5.88 Å². The molecule has 3 N–H and O–H groups in total. The lowest BCUT2D eigenvalue weighted by molar-refractivity contribution is -0.114. The number of allylic oxidation sites excluding steroid dienone is 3. The van der Waals surface area contributed by atoms with Crippen molar-refractivity contribution in [1.82, 2.24) is 10.3 Å². The molecule has 28 heavy (non-hydrogen) atoms. The van der Waals surface area contributed by atoms with Gasteiger partial charge in [0, 0.05) is 28.2 Å². The van der Waals surface area contributed by atoms with E-state index in [1.807, 2.05) is 18.2 Å². The number of nitrogens with zero attached hydrogens (tertiary/aromatic N) is 2. The summed E-state index contributed by atoms with van der Waals surface area (Å²) in [6.45, 7) is 0.392. The van der Waals surface area contributed by atoms with Gasteiger partial charge >= 0.3 is 0 Å². The Hall–Kier alpha value is -2.83. The van der Waals surface area contributed by atoms with Gasteiger partial charge in [0.25, 0.3) is 5.91 Å². The van der Waals surface area contributed by atoms with Gasteiger partial charge in [0.05, 0.1) is 0 Å². The molecule has 0 bridgehead atoms. The van der Waals surface area contributed by atoms with Crippen LogP contribution in [0.4, 0.5) is 5.82 Å². The minimum absolute atomic E-state index is 0.139. The highest BCUT2D eigenvalue weighted by Crippen LogP contribution is 2.21. The highest BCUT2D eigenvalue weighted by Gasteiger charge is 2.14. The minimum atomic E-state index is -0.373. The maximum absolute atomic E-state index is 12.5. The van der Waals surface area contributed by atoms with E-state index in [1.54, 1.807) is 30.4 Å². The number of halogens is 2. The summed E-state index contributed by atoms with van der Waals surface area (Å²) in [6, 6.07) is 12.1. The van der Waals surface area contributed by atoms with Crippen LogP contribution in [0.1, 0.15) is 18.4 Å². The van der Waals surface area contributed by atoms with Gasteiger partial charge in [-0.25, -0.2) is 0 Å². The van der Waals surface area contributed by atoms with Crippen molar-refractivity contribution < 1.29 is 9.90 Å². The minimum Gasteiger partial charge on any atom is -0.493 e. The van der Waals surface area contributed by atoms with Gasteiger partial charge in [-0.05, 0) is 42.7 Å². The van der Waals surface area contributed by atoms with E-state index >= 15 is 0 Å². The van der Waals surface area contributed by atoms with Gasteiger partial charge in [0.2, 0.25) is 11.8 Å². The van der Waals surface area contributed by atoms with Crippen LogP contribution >= 0.6 is 23.2 Å². The summed E-state index contributed by atoms with van der Waals surface area (Å²) in [4.78, 5) is 20.6. The number of anilines is 1. The molecule has 0 saturated carbocycles. The van der Waals surface area contributed by atoms with Crippen LogP contribution in [-0.4, -0.2) is 22.0 Å². The average Bonchev–Trinajstić information content (AvgIpc) is 2.67. The van der Waals surface area contributed by atoms with Gasteiger partial charge in [-0.15, -0.1) is 0 Å². The van der Waals surface area contributed by atoms with Crippen molar-refractivity contribution in [3.8, 4) is 5.88 Å². The average molecular weight is 417 g/mol. The monoisotopic (exact) mass is 416 g/mol. The molecule has 1 amide bonds. The predicted molar refractivity (Wildman–Crippen MR) is 112 cm³/mol. The number of pyridine rings is 1. The van der Waals surface area contributed by atoms with Crippen molar-refractivity contribution in [3.63, 3.8) is 0 Å². The number of benzene rings is 1. The fourth-order valence-electron chi connectivity index (χ4n) is 2.52. The van der Waals surface area contributed by atoms with Crippen LogP contribution < -0.4 is 10.6 Å². The number of guanidine groups is 1. The number of nitrogens with one attached hydrogen (secondary N) is 2. The number of amides is 1. The molecule has 0 saturated heterocycles. The molecule has 1 aliphatic rings. The molecular formula is C20H18Cl2N4O2. The Morgan fingerprint density at radius 2 is 1.96 bits per heavy atom. The Morgan fingerprint density at radius 3 is 2.68 bits per heavy atom. The lowest BCUT2D eigenvalue weighted by Crippen LogP contribution is -2.32. The van der Waals surface area contributed by atoms with Crippen molar-refractivity contribution in [2.24, 2.45) is 4.99 Å². The molecule has 1 aromatic carbocycles. The summed E-state index contributed by atoms with van der Waals surface area (Å²) in [5, 5.41) is 16.9. The zero-order valence-corrected chi connectivity index (χ0v) is 16.3. The quantitative estimate of drug-likeness (QED) is 0.508. The molecule has 1 aromatic heterocycles. The number of aliphatic imine (C=N–C) groups is 1. The van der Waals surface area contributed by atoms with E-state index in [9.17, 15) is 9.90 Å². The Labute approximate surface area is 172 Å². The summed E-state index contributed by atoms with van der Waals surface area (Å²) < 4.78 is 0. The first-order valence-electron chi connectivity index (χ1n) is 8.59. The second-order valence-electron chi connectivity index (χ2n) is 6.06. The fraction of sp³-hybridized carbons (Fsp3) is 0.150. The number of rotatable bonds is 4. The van der Waals surface area contributed by atoms with E-state index < -0.39 is 0 Å². The number of aromatic hydroxyl groups is 1. The first kappa shape index (κ1) is 19.9. The van der Waals surface area contributed by atoms with Crippen LogP contribution in [0.3, 0.4) is 0 Å². The van der Waals surface area contributed by atoms with Gasteiger partial charge in [0.15, 0.2) is 0 Å². The summed E-state index contributed by atoms with van der Waals surface area (Å²) in [7, 11) is 0. The smallest absolute Gasteiger partial charge is 0.276 e. The second kappa shape index (κ2) is 9.39. The van der Waals surface area contributed by atoms with E-state index in [2.05, 4.69) is 20.6 Å². The van der Waals surface area contributed by atoms with Gasteiger partial charge < -0.3 is 15.7 Å². The van der Waals surface area contributed by atoms with E-state index in [1.165, 1.54) is 6.07 Å². The highest BCUT2D eigenvalue weighted by molar-refractivity contribution is 6.30. The van der Waals surface area contributed by atoms with E-state index in [-0.39, 0.29) is 17.7 Å². The Balaban J connectivity index is 1.79. The number of hydrogen-bond donors (Lipinski definition) is 3. The van der Waals surface area contributed by atoms with Gasteiger partial charge in [-0.1, -0.05) is 47.5 Å². The van der Waals surface area contributed by atoms with Gasteiger partial charge in [-0.2, -0.15) is 9.98 Å². The number of carbonyl (C=O) groups is 1. The molecule has 0 radical (unpaired) electrons. The molecule has 0 atom stereocenters. The van der Waals surface area contributed by atoms with Crippen LogP contribution in [0.15, 0.2) is 70.2 Å². The topological polar surface area (TPSA) is 86.6 Å². The van der Waals surface area contributed by atoms with Crippen LogP contribution in [0.2, 0.25) is 5.02 Å². The van der Waals surface area contributed by atoms with Crippen molar-refractivity contribution in [3.05, 3.63) is 75.8 Å². The van der Waals surface area contributed by atoms with Crippen molar-refractivity contribution >= 4 is 40.9 Å². The number of hydrogen-bond acceptors (Lipinski definition) is 3. The van der Waals surface area contributed by atoms with Crippen molar-refractivity contribution in [2.45, 2.75) is 19.4 Å². The molecule has 0 fully saturated rings. The Bertz CT molecular complexity index is 970. The predicted octanol–water partition coefficient (Wildman–Crippen LogP) is 4.37. The molecular weight excluding hydrogens is 399 g/mol. The molecule has 8 heteroatoms. The van der Waals surface area contributed by atoms with Gasteiger partial charge in [0.1, 0.15) is 5.82 Å². The molecule has 1 aliphatic carbocycles. The number of aromatic nitrogens is 1. The Morgan fingerprint density at radius 1 is 1.14 bits per heavy atom. The normalized spacial score (nSPS) is 14.1. The summed E-state index contributed by atoms with van der Waals surface area (Å²) in [5.41, 5.74) is 1.49. The molecule has 0 aliphatic heterocycles. The standard InChI is InChI=1S/C20H18Cl2N4O2/c21-15-9-7-14(8-10-15)19(28)26-20(25-17-5-2-6-18(27)24-17)23-12-13-3-1-4-16(22)11-13/h1-7,9,11H,8,10,12H2,(H3,23,24,25,26,27,28). The molecule has 0 unspecified atom stereocenters. The van der Waals surface area contributed by atoms with Gasteiger partial charge in [-0.3, -0.25) is 4.79 Å². The van der Waals surface area contributed by atoms with Crippen molar-refractivity contribution in [2.75, 3.05) is 5.32 Å². The molecule has 2 aromatic rings. The Kier molecular flexibility index (Phi) is 6.68. The third kappa shape index (κ3) is 5.84. The molecule has 1 heterocycles. The van der Waals surface area contributed by atoms with Crippen LogP contribution in [-0.2, 0) is 11.3 Å². The molecule has 6 nitrogen and oxygen atoms in total. The lowest BCUT2D eigenvalue weighted by Gasteiger charge is -2.13. The maximum atomic E-state index is 12.5. The van der Waals surface area contributed by atoms with E-state index in [0.29, 0.717) is 40.8 Å². The molecule has 3 rings (SSSR count). The zero-order chi connectivity index (χ0) is 19.9. The number of carbonyl (C=O) groups excluding carboxylic acids is 1. The van der Waals surface area contributed by atoms with Crippen LogP contribution in [0.25, 0.3) is 0 Å². The van der Waals surface area contributed by atoms with Crippen molar-refractivity contribution in [1.29, 1.82) is 0 Å². The first-order valence-corrected chi connectivity index (χ1v) is 9.35.